The van der Waals surface area contributed by atoms with Crippen LogP contribution in [0, 0.1) is 5.92 Å². The molecule has 6 atom stereocenters. The second kappa shape index (κ2) is 63.5. The molecule has 528 valence electrons. The lowest BCUT2D eigenvalue weighted by molar-refractivity contribution is -0.161. The van der Waals surface area contributed by atoms with Crippen molar-refractivity contribution in [3.8, 4) is 0 Å². The summed E-state index contributed by atoms with van der Waals surface area (Å²) in [7, 11) is -9.89. The van der Waals surface area contributed by atoms with E-state index in [0.29, 0.717) is 25.7 Å². The van der Waals surface area contributed by atoms with Gasteiger partial charge in [0.1, 0.15) is 19.3 Å². The van der Waals surface area contributed by atoms with Gasteiger partial charge in [-0.25, -0.2) is 9.13 Å². The van der Waals surface area contributed by atoms with Gasteiger partial charge in [0.15, 0.2) is 12.2 Å². The molecule has 0 bridgehead atoms. The maximum absolute atomic E-state index is 13.0. The third kappa shape index (κ3) is 63.2. The van der Waals surface area contributed by atoms with Crippen LogP contribution in [0.1, 0.15) is 362 Å². The minimum Gasteiger partial charge on any atom is -0.462 e. The summed E-state index contributed by atoms with van der Waals surface area (Å²) >= 11 is 0. The number of hydrogen-bond acceptors (Lipinski definition) is 15. The molecule has 0 fully saturated rings. The highest BCUT2D eigenvalue weighted by molar-refractivity contribution is 7.47. The Balaban J connectivity index is 5.16. The van der Waals surface area contributed by atoms with Gasteiger partial charge >= 0.3 is 39.5 Å². The fraction of sp³-hybridized carbons (Fsp3) is 0.943. The molecule has 0 spiro atoms. The molecule has 0 rings (SSSR count). The number of esters is 4. The summed E-state index contributed by atoms with van der Waals surface area (Å²) in [6.45, 7) is 7.20. The van der Waals surface area contributed by atoms with Gasteiger partial charge in [0.05, 0.1) is 26.4 Å². The predicted molar refractivity (Wildman–Crippen MR) is 358 cm³/mol. The molecule has 0 aliphatic carbocycles. The summed E-state index contributed by atoms with van der Waals surface area (Å²) in [5, 5.41) is 10.6. The number of aliphatic hydroxyl groups excluding tert-OH is 1. The number of ether oxygens (including phenoxy) is 4. The molecule has 0 saturated carbocycles. The van der Waals surface area contributed by atoms with Gasteiger partial charge in [-0.15, -0.1) is 0 Å². The summed E-state index contributed by atoms with van der Waals surface area (Å²) in [5.74, 6) is -1.35. The molecular weight excluding hydrogens is 1170 g/mol. The molecule has 89 heavy (non-hydrogen) atoms. The molecule has 0 aliphatic rings. The van der Waals surface area contributed by atoms with Crippen molar-refractivity contribution >= 4 is 39.5 Å². The number of carbonyl (C=O) groups is 4. The Morgan fingerprint density at radius 1 is 0.315 bits per heavy atom. The largest absolute Gasteiger partial charge is 0.472 e. The van der Waals surface area contributed by atoms with Gasteiger partial charge in [-0.1, -0.05) is 311 Å². The van der Waals surface area contributed by atoms with Gasteiger partial charge in [0, 0.05) is 25.7 Å². The molecule has 0 aromatic heterocycles. The number of rotatable bonds is 70. The zero-order chi connectivity index (χ0) is 65.6. The van der Waals surface area contributed by atoms with E-state index in [1.54, 1.807) is 0 Å². The second-order valence-electron chi connectivity index (χ2n) is 25.5. The Morgan fingerprint density at radius 3 is 0.798 bits per heavy atom. The first kappa shape index (κ1) is 87.1. The molecule has 17 nitrogen and oxygen atoms in total. The minimum atomic E-state index is -4.95. The van der Waals surface area contributed by atoms with E-state index in [-0.39, 0.29) is 25.7 Å². The van der Waals surface area contributed by atoms with E-state index in [1.807, 2.05) is 0 Å². The van der Waals surface area contributed by atoms with Crippen molar-refractivity contribution in [3.63, 3.8) is 0 Å². The van der Waals surface area contributed by atoms with Crippen LogP contribution in [0.4, 0.5) is 0 Å². The zero-order valence-corrected chi connectivity index (χ0v) is 59.4. The van der Waals surface area contributed by atoms with Crippen LogP contribution < -0.4 is 0 Å². The third-order valence-corrected chi connectivity index (χ3v) is 18.5. The maximum atomic E-state index is 13.0. The van der Waals surface area contributed by atoms with Crippen molar-refractivity contribution < 1.29 is 80.2 Å². The fourth-order valence-corrected chi connectivity index (χ4v) is 12.2. The van der Waals surface area contributed by atoms with Crippen molar-refractivity contribution in [2.45, 2.75) is 380 Å². The van der Waals surface area contributed by atoms with E-state index in [1.165, 1.54) is 180 Å². The molecule has 0 aromatic rings. The van der Waals surface area contributed by atoms with Crippen LogP contribution >= 0.6 is 15.6 Å². The predicted octanol–water partition coefficient (Wildman–Crippen LogP) is 20.1. The topological polar surface area (TPSA) is 237 Å². The molecule has 19 heteroatoms. The molecule has 3 unspecified atom stereocenters. The third-order valence-electron chi connectivity index (χ3n) is 16.6. The van der Waals surface area contributed by atoms with Gasteiger partial charge in [0.25, 0.3) is 0 Å². The summed E-state index contributed by atoms with van der Waals surface area (Å²) < 4.78 is 68.1. The highest BCUT2D eigenvalue weighted by Gasteiger charge is 2.30. The second-order valence-corrected chi connectivity index (χ2v) is 28.4. The Labute approximate surface area is 543 Å². The monoisotopic (exact) mass is 1310 g/mol. The highest BCUT2D eigenvalue weighted by Crippen LogP contribution is 2.45. The minimum absolute atomic E-state index is 0.106. The van der Waals surface area contributed by atoms with Crippen molar-refractivity contribution in [1.82, 2.24) is 0 Å². The lowest BCUT2D eigenvalue weighted by Crippen LogP contribution is -2.30. The van der Waals surface area contributed by atoms with Crippen LogP contribution in [0.15, 0.2) is 0 Å². The molecule has 0 radical (unpaired) electrons. The molecule has 0 amide bonds. The Bertz CT molecular complexity index is 1720. The van der Waals surface area contributed by atoms with Gasteiger partial charge in [-0.3, -0.25) is 37.3 Å². The number of unbranched alkanes of at least 4 members (excludes halogenated alkanes) is 41. The van der Waals surface area contributed by atoms with E-state index >= 15 is 0 Å². The normalized spacial score (nSPS) is 14.4. The van der Waals surface area contributed by atoms with Gasteiger partial charge in [-0.05, 0) is 31.6 Å². The molecule has 0 saturated heterocycles. The number of hydrogen-bond donors (Lipinski definition) is 3. The number of aliphatic hydroxyl groups is 1. The Hall–Kier alpha value is -1.94. The molecule has 0 aromatic carbocycles. The number of phosphoric acid groups is 2. The molecular formula is C70H136O17P2. The van der Waals surface area contributed by atoms with Crippen molar-refractivity contribution in [2.75, 3.05) is 39.6 Å². The van der Waals surface area contributed by atoms with Crippen molar-refractivity contribution in [2.24, 2.45) is 5.92 Å². The van der Waals surface area contributed by atoms with Crippen molar-refractivity contribution in [3.05, 3.63) is 0 Å². The van der Waals surface area contributed by atoms with Crippen LogP contribution in [0.25, 0.3) is 0 Å². The number of phosphoric ester groups is 2. The van der Waals surface area contributed by atoms with Crippen LogP contribution in [0.3, 0.4) is 0 Å². The fourth-order valence-electron chi connectivity index (χ4n) is 10.6. The molecule has 0 heterocycles. The van der Waals surface area contributed by atoms with Gasteiger partial charge in [0.2, 0.25) is 0 Å². The summed E-state index contributed by atoms with van der Waals surface area (Å²) in [6.07, 6.45) is 50.1. The van der Waals surface area contributed by atoms with E-state index in [2.05, 4.69) is 34.6 Å². The Morgan fingerprint density at radius 2 is 0.539 bits per heavy atom. The molecule has 0 aliphatic heterocycles. The first-order valence-corrected chi connectivity index (χ1v) is 39.7. The standard InChI is InChI=1S/C70H136O17P2/c1-6-10-13-16-19-22-23-24-25-26-27-28-29-30-31-32-34-41-46-51-56-70(75)87-66(60-81-68(73)54-49-44-39-36-35-37-42-47-52-63(5)9-4)62-85-89(78,79)83-58-64(71)57-82-88(76,77)84-61-65(59-80-67(72)53-48-43-38-21-18-15-12-8-3)86-69(74)55-50-45-40-33-20-17-14-11-7-2/h63-66,71H,6-62H2,1-5H3,(H,76,77)(H,78,79)/t63?,64-,65+,66+/m0/s1. The zero-order valence-electron chi connectivity index (χ0n) is 57.6. The van der Waals surface area contributed by atoms with E-state index < -0.39 is 97.5 Å². The van der Waals surface area contributed by atoms with Crippen LogP contribution in [-0.4, -0.2) is 96.7 Å². The van der Waals surface area contributed by atoms with Crippen LogP contribution in [-0.2, 0) is 65.4 Å². The lowest BCUT2D eigenvalue weighted by atomic mass is 9.99. The van der Waals surface area contributed by atoms with Crippen LogP contribution in [0.5, 0.6) is 0 Å². The highest BCUT2D eigenvalue weighted by atomic mass is 31.2. The van der Waals surface area contributed by atoms with E-state index in [0.717, 1.165) is 102 Å². The summed E-state index contributed by atoms with van der Waals surface area (Å²) in [6, 6.07) is 0. The lowest BCUT2D eigenvalue weighted by Gasteiger charge is -2.21. The SMILES string of the molecule is CCCCCCCCCCCCCCCCCCCCCCC(=O)O[C@H](COC(=O)CCCCCCCCCCC(C)CC)COP(=O)(O)OC[C@@H](O)COP(=O)(O)OC[C@@H](COC(=O)CCCCCCCCCC)OC(=O)CCCCCCCCCCC. The average molecular weight is 1310 g/mol. The van der Waals surface area contributed by atoms with E-state index in [9.17, 15) is 43.2 Å². The van der Waals surface area contributed by atoms with Gasteiger partial charge in [-0.2, -0.15) is 0 Å². The maximum Gasteiger partial charge on any atom is 0.472 e. The quantitative estimate of drug-likeness (QED) is 0.0222. The van der Waals surface area contributed by atoms with Gasteiger partial charge < -0.3 is 33.8 Å². The van der Waals surface area contributed by atoms with Crippen LogP contribution in [0.2, 0.25) is 0 Å². The smallest absolute Gasteiger partial charge is 0.462 e. The van der Waals surface area contributed by atoms with Crippen molar-refractivity contribution in [1.29, 1.82) is 0 Å². The summed E-state index contributed by atoms with van der Waals surface area (Å²) in [5.41, 5.74) is 0. The van der Waals surface area contributed by atoms with E-state index in [4.69, 9.17) is 37.0 Å². The molecule has 3 N–H and O–H groups in total. The first-order chi connectivity index (χ1) is 43.1. The Kier molecular flexibility index (Phi) is 62.1. The number of carbonyl (C=O) groups excluding carboxylic acids is 4. The summed E-state index contributed by atoms with van der Waals surface area (Å²) in [4.78, 5) is 72.4. The first-order valence-electron chi connectivity index (χ1n) is 36.7. The average Bonchev–Trinajstić information content (AvgIpc) is 3.63.